The first-order chi connectivity index (χ1) is 7.46. The van der Waals surface area contributed by atoms with Gasteiger partial charge in [-0.1, -0.05) is 0 Å². The maximum absolute atomic E-state index is 11.0. The van der Waals surface area contributed by atoms with Gasteiger partial charge in [-0.2, -0.15) is 0 Å². The van der Waals surface area contributed by atoms with E-state index < -0.39 is 5.79 Å². The molecule has 3 aliphatic rings. The normalized spacial score (nSPS) is 48.1. The van der Waals surface area contributed by atoms with Crippen LogP contribution < -0.4 is 5.32 Å². The Bertz CT molecular complexity index is 330. The van der Waals surface area contributed by atoms with Crippen molar-refractivity contribution in [2.75, 3.05) is 0 Å². The van der Waals surface area contributed by atoms with E-state index in [0.29, 0.717) is 12.1 Å². The quantitative estimate of drug-likeness (QED) is 0.511. The van der Waals surface area contributed by atoms with Gasteiger partial charge >= 0.3 is 5.97 Å². The fourth-order valence-electron chi connectivity index (χ4n) is 2.83. The smallest absolute Gasteiger partial charge is 0.302 e. The third-order valence-corrected chi connectivity index (χ3v) is 3.42. The number of carbonyl (C=O) groups is 1. The van der Waals surface area contributed by atoms with Crippen molar-refractivity contribution in [1.82, 2.24) is 5.32 Å². The van der Waals surface area contributed by atoms with Gasteiger partial charge in [-0.3, -0.25) is 4.79 Å². The van der Waals surface area contributed by atoms with Crippen molar-refractivity contribution in [3.05, 3.63) is 0 Å². The van der Waals surface area contributed by atoms with Crippen LogP contribution in [0.4, 0.5) is 0 Å². The van der Waals surface area contributed by atoms with Crippen LogP contribution in [-0.2, 0) is 19.0 Å². The predicted molar refractivity (Wildman–Crippen MR) is 54.7 cm³/mol. The van der Waals surface area contributed by atoms with Crippen molar-refractivity contribution in [2.24, 2.45) is 0 Å². The van der Waals surface area contributed by atoms with Crippen molar-refractivity contribution in [3.8, 4) is 0 Å². The molecule has 0 bridgehead atoms. The number of hydrogen-bond acceptors (Lipinski definition) is 5. The van der Waals surface area contributed by atoms with Crippen molar-refractivity contribution in [2.45, 2.75) is 63.4 Å². The Morgan fingerprint density at radius 2 is 2.06 bits per heavy atom. The molecule has 90 valence electrons. The summed E-state index contributed by atoms with van der Waals surface area (Å²) in [5.74, 6) is -0.830. The van der Waals surface area contributed by atoms with E-state index >= 15 is 0 Å². The van der Waals surface area contributed by atoms with Gasteiger partial charge in [-0.25, -0.2) is 0 Å². The van der Waals surface area contributed by atoms with E-state index in [1.807, 2.05) is 13.8 Å². The van der Waals surface area contributed by atoms with Crippen LogP contribution in [0.2, 0.25) is 0 Å². The molecule has 0 spiro atoms. The van der Waals surface area contributed by atoms with E-state index in [1.165, 1.54) is 6.92 Å². The molecule has 2 aliphatic heterocycles. The lowest BCUT2D eigenvalue weighted by atomic mass is 9.92. The summed E-state index contributed by atoms with van der Waals surface area (Å²) in [5.41, 5.74) is 0. The zero-order chi connectivity index (χ0) is 11.5. The van der Waals surface area contributed by atoms with E-state index in [0.717, 1.165) is 6.42 Å². The van der Waals surface area contributed by atoms with Crippen molar-refractivity contribution in [1.29, 1.82) is 0 Å². The molecule has 0 unspecified atom stereocenters. The lowest BCUT2D eigenvalue weighted by molar-refractivity contribution is -0.169. The second-order valence-corrected chi connectivity index (χ2v) is 5.25. The predicted octanol–water partition coefficient (Wildman–Crippen LogP) is 0.182. The van der Waals surface area contributed by atoms with Gasteiger partial charge < -0.3 is 19.5 Å². The van der Waals surface area contributed by atoms with Gasteiger partial charge in [-0.05, 0) is 13.8 Å². The number of carbonyl (C=O) groups excluding carboxylic acids is 1. The maximum atomic E-state index is 11.0. The zero-order valence-electron chi connectivity index (χ0n) is 9.73. The summed E-state index contributed by atoms with van der Waals surface area (Å²) >= 11 is 0. The van der Waals surface area contributed by atoms with E-state index in [9.17, 15) is 4.79 Å². The highest BCUT2D eigenvalue weighted by molar-refractivity contribution is 5.66. The van der Waals surface area contributed by atoms with Crippen LogP contribution in [0.1, 0.15) is 27.2 Å². The second kappa shape index (κ2) is 3.18. The minimum absolute atomic E-state index is 0.0121. The molecule has 1 N–H and O–H groups in total. The van der Waals surface area contributed by atoms with Gasteiger partial charge in [0.25, 0.3) is 0 Å². The highest BCUT2D eigenvalue weighted by Gasteiger charge is 2.61. The molecule has 5 atom stereocenters. The van der Waals surface area contributed by atoms with Gasteiger partial charge in [0, 0.05) is 19.4 Å². The zero-order valence-corrected chi connectivity index (χ0v) is 9.73. The van der Waals surface area contributed by atoms with Crippen LogP contribution >= 0.6 is 0 Å². The summed E-state index contributed by atoms with van der Waals surface area (Å²) in [6, 6.07) is 0.793. The van der Waals surface area contributed by atoms with Crippen LogP contribution in [0, 0.1) is 0 Å². The highest BCUT2D eigenvalue weighted by Crippen LogP contribution is 2.42. The second-order valence-electron chi connectivity index (χ2n) is 5.25. The van der Waals surface area contributed by atoms with Crippen LogP contribution in [0.3, 0.4) is 0 Å². The van der Waals surface area contributed by atoms with Gasteiger partial charge in [-0.15, -0.1) is 0 Å². The molecule has 0 amide bonds. The third kappa shape index (κ3) is 1.63. The minimum atomic E-state index is -0.576. The molecular formula is C11H17NO4. The first-order valence-corrected chi connectivity index (χ1v) is 5.75. The molecule has 5 heteroatoms. The molecule has 16 heavy (non-hydrogen) atoms. The summed E-state index contributed by atoms with van der Waals surface area (Å²) in [5, 5.41) is 3.35. The van der Waals surface area contributed by atoms with Gasteiger partial charge in [0.05, 0.1) is 6.04 Å². The third-order valence-electron chi connectivity index (χ3n) is 3.42. The molecule has 0 aromatic heterocycles. The monoisotopic (exact) mass is 227 g/mol. The molecule has 0 radical (unpaired) electrons. The molecule has 3 rings (SSSR count). The summed E-state index contributed by atoms with van der Waals surface area (Å²) in [6.45, 7) is 5.23. The Labute approximate surface area is 94.4 Å². The SMILES string of the molecule is CC(=O)O[C@@H]1C[C@H]2N[C@H]2[C@@H]2OC(C)(C)O[C@@H]21. The Morgan fingerprint density at radius 3 is 2.75 bits per heavy atom. The molecule has 2 heterocycles. The van der Waals surface area contributed by atoms with E-state index in [4.69, 9.17) is 14.2 Å². The number of ether oxygens (including phenoxy) is 3. The van der Waals surface area contributed by atoms with Gasteiger partial charge in [0.1, 0.15) is 18.3 Å². The molecule has 1 aliphatic carbocycles. The molecule has 2 saturated heterocycles. The fraction of sp³-hybridized carbons (Fsp3) is 0.909. The van der Waals surface area contributed by atoms with E-state index in [-0.39, 0.29) is 24.3 Å². The highest BCUT2D eigenvalue weighted by atomic mass is 16.8. The average molecular weight is 227 g/mol. The molecular weight excluding hydrogens is 210 g/mol. The largest absolute Gasteiger partial charge is 0.460 e. The van der Waals surface area contributed by atoms with E-state index in [2.05, 4.69) is 5.32 Å². The summed E-state index contributed by atoms with van der Waals surface area (Å²) < 4.78 is 17.0. The number of hydrogen-bond donors (Lipinski definition) is 1. The van der Waals surface area contributed by atoms with Gasteiger partial charge in [0.15, 0.2) is 5.79 Å². The van der Waals surface area contributed by atoms with Crippen LogP contribution in [0.5, 0.6) is 0 Å². The van der Waals surface area contributed by atoms with Gasteiger partial charge in [0.2, 0.25) is 0 Å². The minimum Gasteiger partial charge on any atom is -0.460 e. The number of nitrogens with one attached hydrogen (secondary N) is 1. The van der Waals surface area contributed by atoms with E-state index in [1.54, 1.807) is 0 Å². The van der Waals surface area contributed by atoms with Crippen LogP contribution in [0.15, 0.2) is 0 Å². The first-order valence-electron chi connectivity index (χ1n) is 5.75. The Kier molecular flexibility index (Phi) is 2.09. The van der Waals surface area contributed by atoms with Crippen molar-refractivity contribution in [3.63, 3.8) is 0 Å². The lowest BCUT2D eigenvalue weighted by Gasteiger charge is -2.28. The van der Waals surface area contributed by atoms with Crippen LogP contribution in [-0.4, -0.2) is 42.2 Å². The summed E-state index contributed by atoms with van der Waals surface area (Å²) in [4.78, 5) is 11.0. The summed E-state index contributed by atoms with van der Waals surface area (Å²) in [6.07, 6.45) is 0.527. The Morgan fingerprint density at radius 1 is 1.38 bits per heavy atom. The van der Waals surface area contributed by atoms with Crippen molar-refractivity contribution < 1.29 is 19.0 Å². The van der Waals surface area contributed by atoms with Crippen molar-refractivity contribution >= 4 is 5.97 Å². The Hall–Kier alpha value is -0.650. The number of esters is 1. The fourth-order valence-corrected chi connectivity index (χ4v) is 2.83. The average Bonchev–Trinajstić information content (AvgIpc) is 2.81. The molecule has 5 nitrogen and oxygen atoms in total. The number of fused-ring (bicyclic) bond motifs is 3. The first kappa shape index (κ1) is 10.5. The maximum Gasteiger partial charge on any atom is 0.302 e. The molecule has 1 saturated carbocycles. The standard InChI is InChI=1S/C11H17NO4/c1-5(13)14-7-4-6-8(12-6)10-9(7)15-11(2,3)16-10/h6-10,12H,4H2,1-3H3/t6-,7-,8-,9-,10+/m1/s1. The topological polar surface area (TPSA) is 66.7 Å². The Balaban J connectivity index is 1.78. The van der Waals surface area contributed by atoms with Crippen LogP contribution in [0.25, 0.3) is 0 Å². The molecule has 0 aromatic rings. The number of rotatable bonds is 1. The summed E-state index contributed by atoms with van der Waals surface area (Å²) in [7, 11) is 0. The lowest BCUT2D eigenvalue weighted by Crippen LogP contribution is -2.45. The molecule has 0 aromatic carbocycles. The molecule has 3 fully saturated rings.